The highest BCUT2D eigenvalue weighted by Gasteiger charge is 2.16. The topological polar surface area (TPSA) is 26.0 Å². The van der Waals surface area contributed by atoms with Gasteiger partial charge in [-0.2, -0.15) is 0 Å². The minimum Gasteiger partial charge on any atom is -0.324 e. The van der Waals surface area contributed by atoms with E-state index in [2.05, 4.69) is 41.2 Å². The largest absolute Gasteiger partial charge is 0.324 e. The van der Waals surface area contributed by atoms with Crippen LogP contribution in [0.25, 0.3) is 0 Å². The van der Waals surface area contributed by atoms with Crippen molar-refractivity contribution < 1.29 is 0 Å². The van der Waals surface area contributed by atoms with Gasteiger partial charge >= 0.3 is 0 Å². The molecule has 0 unspecified atom stereocenters. The molecule has 1 aromatic carbocycles. The average Bonchev–Trinajstić information content (AvgIpc) is 2.31. The lowest BCUT2D eigenvalue weighted by Gasteiger charge is -2.23. The van der Waals surface area contributed by atoms with Gasteiger partial charge in [0.1, 0.15) is 0 Å². The molecule has 17 heavy (non-hydrogen) atoms. The van der Waals surface area contributed by atoms with E-state index >= 15 is 0 Å². The number of hydrogen-bond acceptors (Lipinski definition) is 1. The molecule has 0 heterocycles. The number of rotatable bonds is 4. The molecule has 1 rings (SSSR count). The summed E-state index contributed by atoms with van der Waals surface area (Å²) in [6.07, 6.45) is 3.90. The van der Waals surface area contributed by atoms with E-state index in [4.69, 9.17) is 5.73 Å². The Morgan fingerprint density at radius 2 is 1.35 bits per heavy atom. The van der Waals surface area contributed by atoms with E-state index in [-0.39, 0.29) is 6.04 Å². The van der Waals surface area contributed by atoms with Crippen LogP contribution < -0.4 is 5.73 Å². The molecule has 0 saturated heterocycles. The first kappa shape index (κ1) is 14.0. The second-order valence-electron chi connectivity index (χ2n) is 5.01. The average molecular weight is 231 g/mol. The predicted octanol–water partition coefficient (Wildman–Crippen LogP) is 4.19. The van der Waals surface area contributed by atoms with Crippen molar-refractivity contribution in [2.75, 3.05) is 0 Å². The smallest absolute Gasteiger partial charge is 0.0303 e. The lowest BCUT2D eigenvalue weighted by molar-refractivity contribution is 0.651. The van der Waals surface area contributed by atoms with E-state index in [0.717, 1.165) is 12.8 Å². The van der Waals surface area contributed by atoms with Gasteiger partial charge in [0.25, 0.3) is 0 Å². The van der Waals surface area contributed by atoms with E-state index in [1.54, 1.807) is 0 Å². The van der Waals surface area contributed by atoms with Crippen LogP contribution in [-0.4, -0.2) is 0 Å². The molecule has 0 bridgehead atoms. The minimum atomic E-state index is 0.131. The molecule has 2 N–H and O–H groups in total. The molecule has 1 atom stereocenters. The summed E-state index contributed by atoms with van der Waals surface area (Å²) in [5.74, 6) is 0. The van der Waals surface area contributed by atoms with Crippen molar-refractivity contribution in [3.05, 3.63) is 46.0 Å². The highest BCUT2D eigenvalue weighted by Crippen LogP contribution is 2.31. The molecule has 0 fully saturated rings. The number of hydrogen-bond donors (Lipinski definition) is 1. The van der Waals surface area contributed by atoms with Crippen molar-refractivity contribution in [3.63, 3.8) is 0 Å². The van der Waals surface area contributed by atoms with E-state index in [1.165, 1.54) is 33.4 Å². The van der Waals surface area contributed by atoms with E-state index in [0.29, 0.717) is 0 Å². The molecule has 1 nitrogen and oxygen atoms in total. The van der Waals surface area contributed by atoms with E-state index in [1.807, 2.05) is 6.08 Å². The second kappa shape index (κ2) is 5.50. The molecule has 0 saturated carbocycles. The Bertz CT molecular complexity index is 401. The van der Waals surface area contributed by atoms with Gasteiger partial charge in [-0.15, -0.1) is 6.58 Å². The molecule has 0 aromatic heterocycles. The predicted molar refractivity (Wildman–Crippen MR) is 76.5 cm³/mol. The van der Waals surface area contributed by atoms with Gasteiger partial charge in [-0.1, -0.05) is 6.08 Å². The number of nitrogens with two attached hydrogens (primary N) is 1. The van der Waals surface area contributed by atoms with Crippen molar-refractivity contribution in [1.29, 1.82) is 0 Å². The molecule has 1 heteroatoms. The van der Waals surface area contributed by atoms with Crippen molar-refractivity contribution in [2.24, 2.45) is 5.73 Å². The first-order chi connectivity index (χ1) is 7.91. The van der Waals surface area contributed by atoms with Gasteiger partial charge < -0.3 is 5.73 Å². The lowest BCUT2D eigenvalue weighted by Crippen LogP contribution is -2.15. The van der Waals surface area contributed by atoms with Gasteiger partial charge in [-0.3, -0.25) is 0 Å². The van der Waals surface area contributed by atoms with Gasteiger partial charge in [0.05, 0.1) is 0 Å². The van der Waals surface area contributed by atoms with Crippen LogP contribution in [0.5, 0.6) is 0 Å². The Morgan fingerprint density at radius 1 is 0.941 bits per heavy atom. The standard InChI is InChI=1S/C16H25N/c1-7-8-9-15(17)16-13(5)11(3)10(2)12(4)14(16)6/h7,15H,1,8-9,17H2,2-6H3/t15-/m1/s1. The molecular weight excluding hydrogens is 206 g/mol. The fourth-order valence-corrected chi connectivity index (χ4v) is 2.53. The van der Waals surface area contributed by atoms with Crippen LogP contribution in [-0.2, 0) is 0 Å². The molecule has 0 amide bonds. The third-order valence-electron chi connectivity index (χ3n) is 4.11. The number of benzene rings is 1. The fraction of sp³-hybridized carbons (Fsp3) is 0.500. The van der Waals surface area contributed by atoms with Crippen molar-refractivity contribution in [1.82, 2.24) is 0 Å². The maximum absolute atomic E-state index is 6.32. The maximum Gasteiger partial charge on any atom is 0.0303 e. The van der Waals surface area contributed by atoms with Gasteiger partial charge in [-0.25, -0.2) is 0 Å². The summed E-state index contributed by atoms with van der Waals surface area (Å²) in [4.78, 5) is 0. The van der Waals surface area contributed by atoms with Crippen molar-refractivity contribution >= 4 is 0 Å². The molecule has 0 aliphatic heterocycles. The van der Waals surface area contributed by atoms with Gasteiger partial charge in [-0.05, 0) is 80.8 Å². The first-order valence-corrected chi connectivity index (χ1v) is 6.35. The van der Waals surface area contributed by atoms with Crippen molar-refractivity contribution in [2.45, 2.75) is 53.5 Å². The second-order valence-corrected chi connectivity index (χ2v) is 5.01. The van der Waals surface area contributed by atoms with Gasteiger partial charge in [0.2, 0.25) is 0 Å². The lowest BCUT2D eigenvalue weighted by atomic mass is 9.85. The van der Waals surface area contributed by atoms with Gasteiger partial charge in [0, 0.05) is 6.04 Å². The van der Waals surface area contributed by atoms with Crippen LogP contribution >= 0.6 is 0 Å². The Kier molecular flexibility index (Phi) is 4.53. The molecule has 0 aliphatic carbocycles. The van der Waals surface area contributed by atoms with E-state index in [9.17, 15) is 0 Å². The Hall–Kier alpha value is -1.08. The Balaban J connectivity index is 3.28. The molecule has 0 aliphatic rings. The molecule has 0 spiro atoms. The zero-order chi connectivity index (χ0) is 13.2. The summed E-state index contributed by atoms with van der Waals surface area (Å²) in [6.45, 7) is 14.7. The third-order valence-corrected chi connectivity index (χ3v) is 4.11. The van der Waals surface area contributed by atoms with E-state index < -0.39 is 0 Å². The third kappa shape index (κ3) is 2.61. The normalized spacial score (nSPS) is 12.6. The highest BCUT2D eigenvalue weighted by molar-refractivity contribution is 5.50. The molecule has 1 aromatic rings. The fourth-order valence-electron chi connectivity index (χ4n) is 2.53. The summed E-state index contributed by atoms with van der Waals surface area (Å²) in [6, 6.07) is 0.131. The van der Waals surface area contributed by atoms with Crippen LogP contribution in [0.15, 0.2) is 12.7 Å². The Labute approximate surface area is 106 Å². The quantitative estimate of drug-likeness (QED) is 0.772. The van der Waals surface area contributed by atoms with Crippen LogP contribution in [0.4, 0.5) is 0 Å². The summed E-state index contributed by atoms with van der Waals surface area (Å²) < 4.78 is 0. The molecular formula is C16H25N. The number of allylic oxidation sites excluding steroid dienone is 1. The maximum atomic E-state index is 6.32. The summed E-state index contributed by atoms with van der Waals surface area (Å²) >= 11 is 0. The Morgan fingerprint density at radius 3 is 1.76 bits per heavy atom. The van der Waals surface area contributed by atoms with Gasteiger partial charge in [0.15, 0.2) is 0 Å². The summed E-state index contributed by atoms with van der Waals surface area (Å²) in [5, 5.41) is 0. The summed E-state index contributed by atoms with van der Waals surface area (Å²) in [7, 11) is 0. The molecule has 0 radical (unpaired) electrons. The minimum absolute atomic E-state index is 0.131. The van der Waals surface area contributed by atoms with Crippen molar-refractivity contribution in [3.8, 4) is 0 Å². The molecule has 94 valence electrons. The van der Waals surface area contributed by atoms with Crippen LogP contribution in [0, 0.1) is 34.6 Å². The van der Waals surface area contributed by atoms with Crippen LogP contribution in [0.1, 0.15) is 52.3 Å². The van der Waals surface area contributed by atoms with Crippen LogP contribution in [0.2, 0.25) is 0 Å². The monoisotopic (exact) mass is 231 g/mol. The zero-order valence-corrected chi connectivity index (χ0v) is 11.9. The highest BCUT2D eigenvalue weighted by atomic mass is 14.6. The SMILES string of the molecule is C=CCC[C@@H](N)c1c(C)c(C)c(C)c(C)c1C. The summed E-state index contributed by atoms with van der Waals surface area (Å²) in [5.41, 5.74) is 14.6. The zero-order valence-electron chi connectivity index (χ0n) is 11.9. The van der Waals surface area contributed by atoms with Crippen LogP contribution in [0.3, 0.4) is 0 Å². The first-order valence-electron chi connectivity index (χ1n) is 6.35.